The summed E-state index contributed by atoms with van der Waals surface area (Å²) in [4.78, 5) is 42.9. The van der Waals surface area contributed by atoms with E-state index < -0.39 is 11.8 Å². The Bertz CT molecular complexity index is 1380. The lowest BCUT2D eigenvalue weighted by Gasteiger charge is -2.15. The molecule has 2 aromatic heterocycles. The molecule has 1 aromatic carbocycles. The quantitative estimate of drug-likeness (QED) is 0.377. The molecule has 1 aliphatic rings. The van der Waals surface area contributed by atoms with Crippen LogP contribution in [0.5, 0.6) is 0 Å². The highest BCUT2D eigenvalue weighted by molar-refractivity contribution is 7.15. The fourth-order valence-electron chi connectivity index (χ4n) is 3.70. The van der Waals surface area contributed by atoms with Gasteiger partial charge in [0.15, 0.2) is 0 Å². The van der Waals surface area contributed by atoms with E-state index in [0.29, 0.717) is 33.4 Å². The van der Waals surface area contributed by atoms with Crippen molar-refractivity contribution in [2.24, 2.45) is 16.1 Å². The van der Waals surface area contributed by atoms with Crippen LogP contribution in [0, 0.1) is 19.8 Å². The van der Waals surface area contributed by atoms with Crippen LogP contribution >= 0.6 is 11.3 Å². The molecule has 9 nitrogen and oxygen atoms in total. The second-order valence-corrected chi connectivity index (χ2v) is 9.58. The van der Waals surface area contributed by atoms with Crippen molar-refractivity contribution in [2.45, 2.75) is 34.2 Å². The minimum absolute atomic E-state index is 0.227. The van der Waals surface area contributed by atoms with Crippen molar-refractivity contribution in [1.29, 1.82) is 0 Å². The average molecular weight is 503 g/mol. The zero-order chi connectivity index (χ0) is 25.8. The Labute approximate surface area is 212 Å². The molecule has 0 saturated heterocycles. The molecule has 4 rings (SSSR count). The third-order valence-electron chi connectivity index (χ3n) is 5.85. The van der Waals surface area contributed by atoms with E-state index in [-0.39, 0.29) is 11.8 Å². The number of aromatic nitrogens is 1. The molecule has 1 unspecified atom stereocenters. The first-order chi connectivity index (χ1) is 17.2. The molecule has 3 aromatic rings. The molecular weight excluding hydrogens is 476 g/mol. The van der Waals surface area contributed by atoms with Crippen LogP contribution in [0.4, 0.5) is 5.69 Å². The van der Waals surface area contributed by atoms with E-state index in [4.69, 9.17) is 0 Å². The van der Waals surface area contributed by atoms with Crippen LogP contribution in [0.1, 0.15) is 49.9 Å². The first-order valence-electron chi connectivity index (χ1n) is 11.3. The summed E-state index contributed by atoms with van der Waals surface area (Å²) in [6, 6.07) is 12.5. The maximum Gasteiger partial charge on any atom is 0.281 e. The smallest absolute Gasteiger partial charge is 0.281 e. The standard InChI is InChI=1S/C26H26N6O3S/c1-15-7-8-20(12-16(15)2)32-26(35)23(18(4)31-32)17(3)29-30-25(34)22-10-9-21(36-22)24(33)28-14-19-6-5-11-27-13-19/h5-13,23H,14H2,1-4H3,(H,28,33)(H,30,34)/b29-17+. The lowest BCUT2D eigenvalue weighted by molar-refractivity contribution is -0.118. The number of rotatable bonds is 7. The van der Waals surface area contributed by atoms with Gasteiger partial charge in [0.25, 0.3) is 17.7 Å². The molecule has 0 fully saturated rings. The van der Waals surface area contributed by atoms with Crippen LogP contribution in [-0.4, -0.2) is 34.1 Å². The van der Waals surface area contributed by atoms with Crippen molar-refractivity contribution < 1.29 is 14.4 Å². The zero-order valence-electron chi connectivity index (χ0n) is 20.4. The lowest BCUT2D eigenvalue weighted by atomic mass is 9.99. The molecule has 2 N–H and O–H groups in total. The second kappa shape index (κ2) is 10.6. The third kappa shape index (κ3) is 5.38. The van der Waals surface area contributed by atoms with Crippen LogP contribution in [0.2, 0.25) is 0 Å². The van der Waals surface area contributed by atoms with Gasteiger partial charge in [-0.2, -0.15) is 15.2 Å². The molecule has 184 valence electrons. The van der Waals surface area contributed by atoms with Gasteiger partial charge in [0.05, 0.1) is 26.9 Å². The minimum atomic E-state index is -0.663. The summed E-state index contributed by atoms with van der Waals surface area (Å²) in [5.74, 6) is -1.63. The minimum Gasteiger partial charge on any atom is -0.347 e. The molecule has 3 heterocycles. The third-order valence-corrected chi connectivity index (χ3v) is 6.93. The summed E-state index contributed by atoms with van der Waals surface area (Å²) < 4.78 is 0. The fourth-order valence-corrected chi connectivity index (χ4v) is 4.51. The van der Waals surface area contributed by atoms with E-state index in [1.54, 1.807) is 44.4 Å². The van der Waals surface area contributed by atoms with Crippen molar-refractivity contribution in [1.82, 2.24) is 15.7 Å². The van der Waals surface area contributed by atoms with E-state index >= 15 is 0 Å². The van der Waals surface area contributed by atoms with Gasteiger partial charge >= 0.3 is 0 Å². The summed E-state index contributed by atoms with van der Waals surface area (Å²) in [6.45, 7) is 7.77. The topological polar surface area (TPSA) is 116 Å². The van der Waals surface area contributed by atoms with Crippen LogP contribution < -0.4 is 15.8 Å². The van der Waals surface area contributed by atoms with Gasteiger partial charge in [0, 0.05) is 18.9 Å². The van der Waals surface area contributed by atoms with E-state index in [0.717, 1.165) is 28.0 Å². The number of benzene rings is 1. The van der Waals surface area contributed by atoms with Gasteiger partial charge in [-0.25, -0.2) is 5.43 Å². The van der Waals surface area contributed by atoms with Gasteiger partial charge in [0.2, 0.25) is 0 Å². The Morgan fingerprint density at radius 2 is 1.81 bits per heavy atom. The maximum atomic E-state index is 13.1. The highest BCUT2D eigenvalue weighted by atomic mass is 32.1. The summed E-state index contributed by atoms with van der Waals surface area (Å²) in [6.07, 6.45) is 3.34. The molecule has 36 heavy (non-hydrogen) atoms. The molecule has 0 spiro atoms. The van der Waals surface area contributed by atoms with Gasteiger partial charge in [-0.1, -0.05) is 12.1 Å². The predicted octanol–water partition coefficient (Wildman–Crippen LogP) is 3.83. The SMILES string of the molecule is CC1=NN(c2ccc(C)c(C)c2)C(=O)C1/C(C)=N/NC(=O)c1ccc(C(=O)NCc2cccnc2)s1. The molecule has 3 amide bonds. The highest BCUT2D eigenvalue weighted by Crippen LogP contribution is 2.26. The van der Waals surface area contributed by atoms with Crippen molar-refractivity contribution in [2.75, 3.05) is 5.01 Å². The summed E-state index contributed by atoms with van der Waals surface area (Å²) in [5, 5.41) is 12.8. The number of hydrazone groups is 2. The molecule has 1 aliphatic heterocycles. The Morgan fingerprint density at radius 1 is 1.06 bits per heavy atom. The van der Waals surface area contributed by atoms with Crippen LogP contribution in [-0.2, 0) is 11.3 Å². The number of carbonyl (C=O) groups excluding carboxylic acids is 3. The molecule has 0 bridgehead atoms. The zero-order valence-corrected chi connectivity index (χ0v) is 21.2. The maximum absolute atomic E-state index is 13.1. The molecule has 0 aliphatic carbocycles. The summed E-state index contributed by atoms with van der Waals surface area (Å²) in [5.41, 5.74) is 7.27. The predicted molar refractivity (Wildman–Crippen MR) is 140 cm³/mol. The number of carbonyl (C=O) groups is 3. The van der Waals surface area contributed by atoms with E-state index in [9.17, 15) is 14.4 Å². The lowest BCUT2D eigenvalue weighted by Crippen LogP contribution is -2.33. The van der Waals surface area contributed by atoms with Gasteiger partial charge in [-0.05, 0) is 74.7 Å². The van der Waals surface area contributed by atoms with Crippen molar-refractivity contribution in [3.05, 3.63) is 81.3 Å². The van der Waals surface area contributed by atoms with E-state index in [1.807, 2.05) is 38.1 Å². The van der Waals surface area contributed by atoms with Gasteiger partial charge in [0.1, 0.15) is 5.92 Å². The number of nitrogens with one attached hydrogen (secondary N) is 2. The number of anilines is 1. The first-order valence-corrected chi connectivity index (χ1v) is 12.1. The Morgan fingerprint density at radius 3 is 2.50 bits per heavy atom. The van der Waals surface area contributed by atoms with Crippen molar-refractivity contribution in [3.63, 3.8) is 0 Å². The second-order valence-electron chi connectivity index (χ2n) is 8.49. The molecule has 0 radical (unpaired) electrons. The fraction of sp³-hybridized carbons (Fsp3) is 0.231. The van der Waals surface area contributed by atoms with E-state index in [2.05, 4.69) is 25.9 Å². The monoisotopic (exact) mass is 502 g/mol. The normalized spacial score (nSPS) is 15.6. The average Bonchev–Trinajstić information content (AvgIpc) is 3.48. The molecular formula is C26H26N6O3S. The molecule has 1 atom stereocenters. The Hall–Kier alpha value is -4.18. The van der Waals surface area contributed by atoms with Crippen molar-refractivity contribution in [3.8, 4) is 0 Å². The highest BCUT2D eigenvalue weighted by Gasteiger charge is 2.36. The van der Waals surface area contributed by atoms with Crippen molar-refractivity contribution >= 4 is 46.2 Å². The molecule has 0 saturated carbocycles. The number of nitrogens with zero attached hydrogens (tertiary/aromatic N) is 4. The van der Waals surface area contributed by atoms with Gasteiger partial charge in [-0.15, -0.1) is 11.3 Å². The largest absolute Gasteiger partial charge is 0.347 e. The number of hydrogen-bond donors (Lipinski definition) is 2. The molecule has 10 heteroatoms. The van der Waals surface area contributed by atoms with Crippen LogP contribution in [0.3, 0.4) is 0 Å². The number of hydrogen-bond acceptors (Lipinski definition) is 7. The number of pyridine rings is 1. The van der Waals surface area contributed by atoms with Crippen LogP contribution in [0.25, 0.3) is 0 Å². The number of aryl methyl sites for hydroxylation is 2. The Kier molecular flexibility index (Phi) is 7.35. The number of thiophene rings is 1. The Balaban J connectivity index is 1.38. The number of amides is 3. The van der Waals surface area contributed by atoms with Gasteiger partial charge in [-0.3, -0.25) is 19.4 Å². The van der Waals surface area contributed by atoms with Gasteiger partial charge < -0.3 is 5.32 Å². The van der Waals surface area contributed by atoms with Crippen LogP contribution in [0.15, 0.2) is 65.1 Å². The van der Waals surface area contributed by atoms with E-state index in [1.165, 1.54) is 5.01 Å². The summed E-state index contributed by atoms with van der Waals surface area (Å²) in [7, 11) is 0. The first kappa shape index (κ1) is 24.9. The summed E-state index contributed by atoms with van der Waals surface area (Å²) >= 11 is 1.06.